The van der Waals surface area contributed by atoms with Gasteiger partial charge in [-0.2, -0.15) is 0 Å². The average molecular weight is 399 g/mol. The van der Waals surface area contributed by atoms with Gasteiger partial charge in [0.1, 0.15) is 5.75 Å². The van der Waals surface area contributed by atoms with Crippen molar-refractivity contribution in [2.24, 2.45) is 0 Å². The SMILES string of the molecule is CCOc1ccc(C(=O)c2cc(N)cc(Br)c2)c(Br)c1. The molecule has 0 bridgehead atoms. The fourth-order valence-corrected chi connectivity index (χ4v) is 2.88. The zero-order chi connectivity index (χ0) is 14.7. The van der Waals surface area contributed by atoms with E-state index in [1.54, 1.807) is 36.4 Å². The summed E-state index contributed by atoms with van der Waals surface area (Å²) in [6.07, 6.45) is 0. The van der Waals surface area contributed by atoms with Gasteiger partial charge in [0.25, 0.3) is 0 Å². The fourth-order valence-electron chi connectivity index (χ4n) is 1.84. The average Bonchev–Trinajstić information content (AvgIpc) is 2.37. The number of carbonyl (C=O) groups excluding carboxylic acids is 1. The summed E-state index contributed by atoms with van der Waals surface area (Å²) in [5, 5.41) is 0. The van der Waals surface area contributed by atoms with Crippen LogP contribution in [0.3, 0.4) is 0 Å². The Morgan fingerprint density at radius 3 is 2.55 bits per heavy atom. The molecule has 0 spiro atoms. The van der Waals surface area contributed by atoms with E-state index in [9.17, 15) is 4.79 Å². The molecular formula is C15H13Br2NO2. The molecule has 0 saturated heterocycles. The number of nitrogen functional groups attached to an aromatic ring is 1. The lowest BCUT2D eigenvalue weighted by molar-refractivity contribution is 0.103. The van der Waals surface area contributed by atoms with Gasteiger partial charge in [-0.05, 0) is 59.3 Å². The number of carbonyl (C=O) groups is 1. The molecule has 0 aliphatic heterocycles. The molecule has 0 aromatic heterocycles. The van der Waals surface area contributed by atoms with Crippen LogP contribution < -0.4 is 10.5 Å². The summed E-state index contributed by atoms with van der Waals surface area (Å²) >= 11 is 6.75. The highest BCUT2D eigenvalue weighted by Crippen LogP contribution is 2.27. The van der Waals surface area contributed by atoms with Gasteiger partial charge in [-0.25, -0.2) is 0 Å². The number of anilines is 1. The smallest absolute Gasteiger partial charge is 0.194 e. The Morgan fingerprint density at radius 1 is 1.20 bits per heavy atom. The molecule has 2 rings (SSSR count). The molecule has 0 unspecified atom stereocenters. The second-order valence-corrected chi connectivity index (χ2v) is 5.95. The van der Waals surface area contributed by atoms with Crippen LogP contribution >= 0.6 is 31.9 Å². The van der Waals surface area contributed by atoms with Crippen LogP contribution in [-0.4, -0.2) is 12.4 Å². The van der Waals surface area contributed by atoms with Gasteiger partial charge in [-0.15, -0.1) is 0 Å². The Labute approximate surface area is 134 Å². The van der Waals surface area contributed by atoms with Crippen LogP contribution in [0.5, 0.6) is 5.75 Å². The zero-order valence-corrected chi connectivity index (χ0v) is 14.0. The van der Waals surface area contributed by atoms with Gasteiger partial charge >= 0.3 is 0 Å². The number of benzene rings is 2. The van der Waals surface area contributed by atoms with Crippen molar-refractivity contribution in [1.29, 1.82) is 0 Å². The normalized spacial score (nSPS) is 10.3. The third kappa shape index (κ3) is 3.41. The first kappa shape index (κ1) is 15.1. The number of ketones is 1. The lowest BCUT2D eigenvalue weighted by atomic mass is 10.0. The standard InChI is InChI=1S/C15H13Br2NO2/c1-2-20-12-3-4-13(14(17)8-12)15(19)9-5-10(16)7-11(18)6-9/h3-8H,2,18H2,1H3. The minimum Gasteiger partial charge on any atom is -0.494 e. The largest absolute Gasteiger partial charge is 0.494 e. The number of halogens is 2. The van der Waals surface area contributed by atoms with Gasteiger partial charge in [0.15, 0.2) is 5.78 Å². The highest BCUT2D eigenvalue weighted by Gasteiger charge is 2.14. The van der Waals surface area contributed by atoms with Gasteiger partial charge in [-0.3, -0.25) is 4.79 Å². The lowest BCUT2D eigenvalue weighted by Crippen LogP contribution is -2.04. The van der Waals surface area contributed by atoms with Gasteiger partial charge in [0.2, 0.25) is 0 Å². The molecule has 2 aromatic carbocycles. The summed E-state index contributed by atoms with van der Waals surface area (Å²) in [5.41, 5.74) is 7.43. The van der Waals surface area contributed by atoms with E-state index >= 15 is 0 Å². The molecule has 0 radical (unpaired) electrons. The van der Waals surface area contributed by atoms with E-state index in [0.29, 0.717) is 27.9 Å². The maximum absolute atomic E-state index is 12.5. The summed E-state index contributed by atoms with van der Waals surface area (Å²) in [7, 11) is 0. The van der Waals surface area contributed by atoms with E-state index < -0.39 is 0 Å². The monoisotopic (exact) mass is 397 g/mol. The lowest BCUT2D eigenvalue weighted by Gasteiger charge is -2.08. The maximum Gasteiger partial charge on any atom is 0.194 e. The molecule has 0 aliphatic rings. The van der Waals surface area contributed by atoms with Crippen LogP contribution in [0, 0.1) is 0 Å². The number of nitrogens with two attached hydrogens (primary N) is 1. The van der Waals surface area contributed by atoms with Crippen molar-refractivity contribution in [2.45, 2.75) is 6.92 Å². The van der Waals surface area contributed by atoms with E-state index in [0.717, 1.165) is 10.2 Å². The molecule has 5 heteroatoms. The number of hydrogen-bond acceptors (Lipinski definition) is 3. The summed E-state index contributed by atoms with van der Waals surface area (Å²) in [6, 6.07) is 10.5. The summed E-state index contributed by atoms with van der Waals surface area (Å²) in [4.78, 5) is 12.5. The van der Waals surface area contributed by atoms with E-state index in [-0.39, 0.29) is 5.78 Å². The molecule has 2 aromatic rings. The molecule has 0 atom stereocenters. The first-order valence-electron chi connectivity index (χ1n) is 6.04. The van der Waals surface area contributed by atoms with Gasteiger partial charge in [0.05, 0.1) is 6.61 Å². The molecule has 3 nitrogen and oxygen atoms in total. The van der Waals surface area contributed by atoms with Crippen LogP contribution in [0.25, 0.3) is 0 Å². The molecule has 0 amide bonds. The van der Waals surface area contributed by atoms with E-state index in [1.165, 1.54) is 0 Å². The molecule has 104 valence electrons. The second kappa shape index (κ2) is 6.41. The first-order valence-corrected chi connectivity index (χ1v) is 7.63. The Morgan fingerprint density at radius 2 is 1.95 bits per heavy atom. The van der Waals surface area contributed by atoms with Crippen molar-refractivity contribution in [2.75, 3.05) is 12.3 Å². The first-order chi connectivity index (χ1) is 9.51. The fraction of sp³-hybridized carbons (Fsp3) is 0.133. The van der Waals surface area contributed by atoms with Crippen molar-refractivity contribution in [3.05, 3.63) is 56.5 Å². The van der Waals surface area contributed by atoms with Crippen molar-refractivity contribution >= 4 is 43.3 Å². The molecular weight excluding hydrogens is 386 g/mol. The van der Waals surface area contributed by atoms with Gasteiger partial charge in [-0.1, -0.05) is 15.9 Å². The molecule has 2 N–H and O–H groups in total. The van der Waals surface area contributed by atoms with E-state index in [2.05, 4.69) is 31.9 Å². The van der Waals surface area contributed by atoms with Crippen LogP contribution in [0.1, 0.15) is 22.8 Å². The highest BCUT2D eigenvalue weighted by molar-refractivity contribution is 9.10. The molecule has 0 saturated carbocycles. The van der Waals surface area contributed by atoms with Crippen LogP contribution in [0.4, 0.5) is 5.69 Å². The second-order valence-electron chi connectivity index (χ2n) is 4.18. The minimum atomic E-state index is -0.0899. The molecule has 0 aliphatic carbocycles. The van der Waals surface area contributed by atoms with Crippen molar-refractivity contribution in [1.82, 2.24) is 0 Å². The van der Waals surface area contributed by atoms with E-state index in [1.807, 2.05) is 6.92 Å². The van der Waals surface area contributed by atoms with Crippen molar-refractivity contribution < 1.29 is 9.53 Å². The Bertz CT molecular complexity index is 636. The summed E-state index contributed by atoms with van der Waals surface area (Å²) < 4.78 is 6.88. The van der Waals surface area contributed by atoms with Crippen LogP contribution in [-0.2, 0) is 0 Å². The maximum atomic E-state index is 12.5. The van der Waals surface area contributed by atoms with Gasteiger partial charge < -0.3 is 10.5 Å². The Balaban J connectivity index is 2.38. The van der Waals surface area contributed by atoms with Crippen molar-refractivity contribution in [3.8, 4) is 5.75 Å². The predicted octanol–water partition coefficient (Wildman–Crippen LogP) is 4.42. The van der Waals surface area contributed by atoms with Crippen molar-refractivity contribution in [3.63, 3.8) is 0 Å². The number of hydrogen-bond donors (Lipinski definition) is 1. The number of ether oxygens (including phenoxy) is 1. The van der Waals surface area contributed by atoms with Crippen LogP contribution in [0.15, 0.2) is 45.3 Å². The highest BCUT2D eigenvalue weighted by atomic mass is 79.9. The third-order valence-corrected chi connectivity index (χ3v) is 3.79. The molecule has 0 heterocycles. The summed E-state index contributed by atoms with van der Waals surface area (Å²) in [5.74, 6) is 0.637. The third-order valence-electron chi connectivity index (χ3n) is 2.68. The molecule has 20 heavy (non-hydrogen) atoms. The Kier molecular flexibility index (Phi) is 4.83. The minimum absolute atomic E-state index is 0.0899. The van der Waals surface area contributed by atoms with Gasteiger partial charge in [0, 0.05) is 25.8 Å². The van der Waals surface area contributed by atoms with E-state index in [4.69, 9.17) is 10.5 Å². The molecule has 0 fully saturated rings. The topological polar surface area (TPSA) is 52.3 Å². The van der Waals surface area contributed by atoms with Crippen LogP contribution in [0.2, 0.25) is 0 Å². The number of rotatable bonds is 4. The predicted molar refractivity (Wildman–Crippen MR) is 87.3 cm³/mol. The zero-order valence-electron chi connectivity index (χ0n) is 10.8. The summed E-state index contributed by atoms with van der Waals surface area (Å²) in [6.45, 7) is 2.50. The quantitative estimate of drug-likeness (QED) is 0.612. The Hall–Kier alpha value is -1.33.